The molecule has 0 saturated heterocycles. The second-order valence-electron chi connectivity index (χ2n) is 2.26. The molecule has 0 aliphatic heterocycles. The van der Waals surface area contributed by atoms with Gasteiger partial charge in [0.25, 0.3) is 5.56 Å². The van der Waals surface area contributed by atoms with Gasteiger partial charge in [0.05, 0.1) is 0 Å². The number of H-pyrrole nitrogens is 1. The first kappa shape index (κ1) is 10.4. The van der Waals surface area contributed by atoms with E-state index in [0.717, 1.165) is 0 Å². The number of aromatic nitrogens is 2. The normalized spacial score (nSPS) is 10.0. The van der Waals surface area contributed by atoms with E-state index < -0.39 is 0 Å². The molecular weight excluding hydrogens is 256 g/mol. The molecule has 13 heavy (non-hydrogen) atoms. The molecule has 7 heteroatoms. The van der Waals surface area contributed by atoms with Crippen LogP contribution in [0, 0.1) is 0 Å². The fourth-order valence-corrected chi connectivity index (χ4v) is 1.21. The summed E-state index contributed by atoms with van der Waals surface area (Å²) < 4.78 is 0.350. The average Bonchev–Trinajstić information content (AvgIpc) is 2.09. The summed E-state index contributed by atoms with van der Waals surface area (Å²) in [6.07, 6.45) is 0. The van der Waals surface area contributed by atoms with Gasteiger partial charge in [-0.15, -0.1) is 0 Å². The van der Waals surface area contributed by atoms with Crippen molar-refractivity contribution in [2.75, 3.05) is 23.3 Å². The highest BCUT2D eigenvalue weighted by atomic mass is 79.9. The number of nitrogen functional groups attached to an aromatic ring is 1. The van der Waals surface area contributed by atoms with Crippen molar-refractivity contribution in [2.45, 2.75) is 0 Å². The summed E-state index contributed by atoms with van der Waals surface area (Å²) in [5.41, 5.74) is 5.06. The lowest BCUT2D eigenvalue weighted by atomic mass is 10.5. The second-order valence-corrected chi connectivity index (χ2v) is 3.50. The number of rotatable bonds is 3. The molecule has 4 N–H and O–H groups in total. The van der Waals surface area contributed by atoms with E-state index in [9.17, 15) is 4.79 Å². The molecule has 72 valence electrons. The van der Waals surface area contributed by atoms with Gasteiger partial charge in [-0.1, -0.05) is 0 Å². The summed E-state index contributed by atoms with van der Waals surface area (Å²) in [5.74, 6) is 1.19. The van der Waals surface area contributed by atoms with Crippen LogP contribution >= 0.6 is 28.6 Å². The third kappa shape index (κ3) is 2.63. The predicted molar refractivity (Wildman–Crippen MR) is 59.3 cm³/mol. The molecule has 0 amide bonds. The number of nitrogens with one attached hydrogen (secondary N) is 2. The maximum Gasteiger partial charge on any atom is 0.268 e. The van der Waals surface area contributed by atoms with Crippen LogP contribution in [0.15, 0.2) is 9.27 Å². The smallest absolute Gasteiger partial charge is 0.268 e. The first-order chi connectivity index (χ1) is 6.15. The number of nitrogens with zero attached hydrogens (tertiary/aromatic N) is 1. The van der Waals surface area contributed by atoms with E-state index in [4.69, 9.17) is 5.73 Å². The third-order valence-corrected chi connectivity index (χ3v) is 2.24. The van der Waals surface area contributed by atoms with Crippen LogP contribution in [0.1, 0.15) is 0 Å². The van der Waals surface area contributed by atoms with Gasteiger partial charge in [0.15, 0.2) is 0 Å². The standard InChI is InChI=1S/C6H9BrN4OS/c7-3-4(9-1-2-13)10-6(8)11-5(3)12/h13H,1-2H2,(H4,8,9,10,11,12). The van der Waals surface area contributed by atoms with E-state index in [2.05, 4.69) is 43.8 Å². The Kier molecular flexibility index (Phi) is 3.61. The zero-order valence-corrected chi connectivity index (χ0v) is 9.15. The molecule has 0 aliphatic carbocycles. The molecule has 0 fully saturated rings. The minimum absolute atomic E-state index is 0.0925. The Labute approximate surface area is 88.7 Å². The quantitative estimate of drug-likeness (QED) is 0.598. The molecule has 0 radical (unpaired) electrons. The van der Waals surface area contributed by atoms with Crippen LogP contribution in [0.4, 0.5) is 11.8 Å². The van der Waals surface area contributed by atoms with Gasteiger partial charge in [-0.2, -0.15) is 17.6 Å². The molecule has 0 saturated carbocycles. The molecule has 1 aromatic heterocycles. The lowest BCUT2D eigenvalue weighted by Gasteiger charge is -2.05. The molecule has 1 aromatic rings. The average molecular weight is 265 g/mol. The van der Waals surface area contributed by atoms with Gasteiger partial charge in [-0.25, -0.2) is 0 Å². The van der Waals surface area contributed by atoms with Crippen LogP contribution in [-0.4, -0.2) is 22.3 Å². The number of thiol groups is 1. The zero-order chi connectivity index (χ0) is 9.84. The maximum absolute atomic E-state index is 11.1. The van der Waals surface area contributed by atoms with E-state index in [1.165, 1.54) is 0 Å². The van der Waals surface area contributed by atoms with E-state index in [1.54, 1.807) is 0 Å². The van der Waals surface area contributed by atoms with Crippen molar-refractivity contribution >= 4 is 40.3 Å². The van der Waals surface area contributed by atoms with Crippen LogP contribution in [0.5, 0.6) is 0 Å². The Morgan fingerprint density at radius 1 is 1.69 bits per heavy atom. The van der Waals surface area contributed by atoms with Crippen molar-refractivity contribution in [3.63, 3.8) is 0 Å². The first-order valence-corrected chi connectivity index (χ1v) is 4.97. The minimum Gasteiger partial charge on any atom is -0.369 e. The number of hydrogen-bond acceptors (Lipinski definition) is 5. The summed E-state index contributed by atoms with van der Waals surface area (Å²) >= 11 is 7.11. The Hall–Kier alpha value is -0.690. The highest BCUT2D eigenvalue weighted by Crippen LogP contribution is 2.14. The van der Waals surface area contributed by atoms with Crippen LogP contribution in [0.25, 0.3) is 0 Å². The fraction of sp³-hybridized carbons (Fsp3) is 0.333. The Morgan fingerprint density at radius 2 is 2.38 bits per heavy atom. The van der Waals surface area contributed by atoms with Gasteiger partial charge < -0.3 is 11.1 Å². The number of nitrogens with two attached hydrogens (primary N) is 1. The number of aromatic amines is 1. The Bertz CT molecular complexity index is 353. The molecule has 0 aliphatic rings. The van der Waals surface area contributed by atoms with Gasteiger partial charge in [-0.3, -0.25) is 9.78 Å². The molecule has 0 atom stereocenters. The molecule has 0 spiro atoms. The summed E-state index contributed by atoms with van der Waals surface area (Å²) in [6.45, 7) is 0.623. The van der Waals surface area contributed by atoms with Gasteiger partial charge in [0.2, 0.25) is 5.95 Å². The largest absolute Gasteiger partial charge is 0.369 e. The maximum atomic E-state index is 11.1. The highest BCUT2D eigenvalue weighted by Gasteiger charge is 2.05. The second kappa shape index (κ2) is 4.52. The summed E-state index contributed by atoms with van der Waals surface area (Å²) in [5, 5.41) is 2.91. The van der Waals surface area contributed by atoms with E-state index in [-0.39, 0.29) is 11.5 Å². The first-order valence-electron chi connectivity index (χ1n) is 3.55. The molecule has 0 bridgehead atoms. The lowest BCUT2D eigenvalue weighted by molar-refractivity contribution is 1.08. The zero-order valence-electron chi connectivity index (χ0n) is 6.67. The fourth-order valence-electron chi connectivity index (χ4n) is 0.768. The number of anilines is 2. The summed E-state index contributed by atoms with van der Waals surface area (Å²) in [6, 6.07) is 0. The van der Waals surface area contributed by atoms with Crippen LogP contribution in [0.2, 0.25) is 0 Å². The third-order valence-electron chi connectivity index (χ3n) is 1.29. The Morgan fingerprint density at radius 3 is 3.00 bits per heavy atom. The van der Waals surface area contributed by atoms with Crippen molar-refractivity contribution in [2.24, 2.45) is 0 Å². The summed E-state index contributed by atoms with van der Waals surface area (Å²) in [4.78, 5) is 17.4. The molecule has 5 nitrogen and oxygen atoms in total. The monoisotopic (exact) mass is 264 g/mol. The Balaban J connectivity index is 2.99. The number of halogens is 1. The molecular formula is C6H9BrN4OS. The topological polar surface area (TPSA) is 83.8 Å². The van der Waals surface area contributed by atoms with E-state index in [0.29, 0.717) is 22.6 Å². The summed E-state index contributed by atoms with van der Waals surface area (Å²) in [7, 11) is 0. The van der Waals surface area contributed by atoms with Crippen LogP contribution in [-0.2, 0) is 0 Å². The van der Waals surface area contributed by atoms with E-state index in [1.807, 2.05) is 0 Å². The highest BCUT2D eigenvalue weighted by molar-refractivity contribution is 9.10. The molecule has 0 unspecified atom stereocenters. The molecule has 0 aromatic carbocycles. The molecule has 1 heterocycles. The van der Waals surface area contributed by atoms with Gasteiger partial charge in [0.1, 0.15) is 10.3 Å². The van der Waals surface area contributed by atoms with Crippen molar-refractivity contribution < 1.29 is 0 Å². The van der Waals surface area contributed by atoms with Crippen molar-refractivity contribution in [1.29, 1.82) is 0 Å². The van der Waals surface area contributed by atoms with E-state index >= 15 is 0 Å². The molecule has 1 rings (SSSR count). The van der Waals surface area contributed by atoms with Gasteiger partial charge in [-0.05, 0) is 15.9 Å². The van der Waals surface area contributed by atoms with Crippen molar-refractivity contribution in [3.05, 3.63) is 14.8 Å². The predicted octanol–water partition coefficient (Wildman–Crippen LogP) is 0.456. The SMILES string of the molecule is Nc1nc(NCCS)c(Br)c(=O)[nH]1. The number of hydrogen-bond donors (Lipinski definition) is 4. The van der Waals surface area contributed by atoms with Crippen molar-refractivity contribution in [1.82, 2.24) is 9.97 Å². The minimum atomic E-state index is -0.297. The van der Waals surface area contributed by atoms with Crippen molar-refractivity contribution in [3.8, 4) is 0 Å². The lowest BCUT2D eigenvalue weighted by Crippen LogP contribution is -2.16. The van der Waals surface area contributed by atoms with Gasteiger partial charge >= 0.3 is 0 Å². The van der Waals surface area contributed by atoms with Gasteiger partial charge in [0, 0.05) is 12.3 Å². The van der Waals surface area contributed by atoms with Crippen LogP contribution in [0.3, 0.4) is 0 Å². The van der Waals surface area contributed by atoms with Crippen LogP contribution < -0.4 is 16.6 Å².